The van der Waals surface area contributed by atoms with E-state index in [2.05, 4.69) is 24.3 Å². The molecular weight excluding hydrogens is 272 g/mol. The largest absolute Gasteiger partial charge is 0.365 e. The fourth-order valence-electron chi connectivity index (χ4n) is 2.27. The van der Waals surface area contributed by atoms with Crippen molar-refractivity contribution in [2.75, 3.05) is 26.2 Å². The molecule has 1 atom stereocenters. The van der Waals surface area contributed by atoms with E-state index in [9.17, 15) is 9.59 Å². The molecule has 1 N–H and O–H groups in total. The Hall–Kier alpha value is -1.89. The topological polar surface area (TPSA) is 76.5 Å². The molecule has 2 heterocycles. The van der Waals surface area contributed by atoms with Gasteiger partial charge in [0.1, 0.15) is 6.61 Å². The van der Waals surface area contributed by atoms with Crippen molar-refractivity contribution in [3.63, 3.8) is 0 Å². The van der Waals surface area contributed by atoms with Crippen LogP contribution in [0.15, 0.2) is 12.4 Å². The van der Waals surface area contributed by atoms with Gasteiger partial charge in [0.05, 0.1) is 17.9 Å². The summed E-state index contributed by atoms with van der Waals surface area (Å²) in [7, 11) is 1.76. The minimum absolute atomic E-state index is 0.0125. The van der Waals surface area contributed by atoms with Crippen LogP contribution in [0.5, 0.6) is 0 Å². The number of hydrogen-bond acceptors (Lipinski definition) is 4. The first kappa shape index (κ1) is 15.5. The Morgan fingerprint density at radius 1 is 1.57 bits per heavy atom. The average Bonchev–Trinajstić information content (AvgIpc) is 2.85. The Bertz CT molecular complexity index is 512. The molecule has 0 aliphatic carbocycles. The molecular formula is C14H22N4O3. The molecule has 0 spiro atoms. The summed E-state index contributed by atoms with van der Waals surface area (Å²) < 4.78 is 7.05. The summed E-state index contributed by atoms with van der Waals surface area (Å²) in [5.74, 6) is 0.246. The number of amides is 2. The molecule has 2 rings (SSSR count). The van der Waals surface area contributed by atoms with E-state index in [1.165, 1.54) is 6.20 Å². The lowest BCUT2D eigenvalue weighted by atomic mass is 10.1. The lowest BCUT2D eigenvalue weighted by Crippen LogP contribution is -2.51. The second kappa shape index (κ2) is 6.71. The zero-order valence-corrected chi connectivity index (χ0v) is 12.7. The molecule has 0 unspecified atom stereocenters. The van der Waals surface area contributed by atoms with Crippen LogP contribution in [0.2, 0.25) is 0 Å². The van der Waals surface area contributed by atoms with Gasteiger partial charge in [0, 0.05) is 32.9 Å². The summed E-state index contributed by atoms with van der Waals surface area (Å²) in [6.07, 6.45) is 3.01. The summed E-state index contributed by atoms with van der Waals surface area (Å²) in [5.41, 5.74) is 0.517. The van der Waals surface area contributed by atoms with Gasteiger partial charge in [-0.25, -0.2) is 0 Å². The van der Waals surface area contributed by atoms with Crippen molar-refractivity contribution in [3.05, 3.63) is 18.0 Å². The van der Waals surface area contributed by atoms with Gasteiger partial charge in [0.25, 0.3) is 5.91 Å². The Labute approximate surface area is 124 Å². The number of nitrogens with one attached hydrogen (secondary N) is 1. The van der Waals surface area contributed by atoms with Crippen molar-refractivity contribution in [1.82, 2.24) is 20.0 Å². The number of hydrogen-bond donors (Lipinski definition) is 1. The van der Waals surface area contributed by atoms with E-state index < -0.39 is 0 Å². The maximum atomic E-state index is 11.9. The second-order valence-corrected chi connectivity index (χ2v) is 5.74. The van der Waals surface area contributed by atoms with Crippen LogP contribution in [0.3, 0.4) is 0 Å². The number of nitrogens with zero attached hydrogens (tertiary/aromatic N) is 3. The van der Waals surface area contributed by atoms with Crippen molar-refractivity contribution in [3.8, 4) is 0 Å². The van der Waals surface area contributed by atoms with Gasteiger partial charge >= 0.3 is 0 Å². The molecule has 0 aromatic carbocycles. The van der Waals surface area contributed by atoms with Crippen LogP contribution >= 0.6 is 0 Å². The van der Waals surface area contributed by atoms with Crippen LogP contribution < -0.4 is 5.32 Å². The third-order valence-corrected chi connectivity index (χ3v) is 3.26. The molecule has 0 saturated carbocycles. The standard InChI is InChI=1S/C14H22N4O3/c1-10(2)6-18-8-12(21-9-13(18)19)5-15-14(20)11-4-16-17(3)7-11/h4,7,10,12H,5-6,8-9H2,1-3H3,(H,15,20)/t12-/m0/s1. The van der Waals surface area contributed by atoms with Crippen LogP contribution in [0.25, 0.3) is 0 Å². The minimum atomic E-state index is -0.181. The van der Waals surface area contributed by atoms with E-state index in [4.69, 9.17) is 4.74 Å². The first-order valence-corrected chi connectivity index (χ1v) is 7.12. The zero-order chi connectivity index (χ0) is 15.4. The molecule has 21 heavy (non-hydrogen) atoms. The van der Waals surface area contributed by atoms with Crippen molar-refractivity contribution < 1.29 is 14.3 Å². The molecule has 1 aromatic heterocycles. The number of morpholine rings is 1. The van der Waals surface area contributed by atoms with E-state index in [-0.39, 0.29) is 24.5 Å². The number of aryl methyl sites for hydroxylation is 1. The predicted molar refractivity (Wildman–Crippen MR) is 76.7 cm³/mol. The molecule has 0 radical (unpaired) electrons. The molecule has 2 amide bonds. The summed E-state index contributed by atoms with van der Waals surface area (Å²) in [4.78, 5) is 25.5. The van der Waals surface area contributed by atoms with Crippen LogP contribution in [0.4, 0.5) is 0 Å². The first-order chi connectivity index (χ1) is 9.95. The van der Waals surface area contributed by atoms with Gasteiger partial charge in [0.2, 0.25) is 5.91 Å². The molecule has 116 valence electrons. The number of ether oxygens (including phenoxy) is 1. The highest BCUT2D eigenvalue weighted by Crippen LogP contribution is 2.09. The van der Waals surface area contributed by atoms with Gasteiger partial charge in [-0.3, -0.25) is 14.3 Å². The maximum Gasteiger partial charge on any atom is 0.254 e. The molecule has 1 aliphatic rings. The molecule has 1 aliphatic heterocycles. The first-order valence-electron chi connectivity index (χ1n) is 7.12. The Kier molecular flexibility index (Phi) is 4.95. The lowest BCUT2D eigenvalue weighted by molar-refractivity contribution is -0.149. The van der Waals surface area contributed by atoms with E-state index in [0.717, 1.165) is 6.54 Å². The molecule has 7 nitrogen and oxygen atoms in total. The van der Waals surface area contributed by atoms with Gasteiger partial charge in [-0.05, 0) is 5.92 Å². The number of carbonyl (C=O) groups excluding carboxylic acids is 2. The third-order valence-electron chi connectivity index (χ3n) is 3.26. The highest BCUT2D eigenvalue weighted by Gasteiger charge is 2.27. The quantitative estimate of drug-likeness (QED) is 0.831. The smallest absolute Gasteiger partial charge is 0.254 e. The fourth-order valence-corrected chi connectivity index (χ4v) is 2.27. The lowest BCUT2D eigenvalue weighted by Gasteiger charge is -2.33. The molecule has 7 heteroatoms. The molecule has 1 fully saturated rings. The van der Waals surface area contributed by atoms with Crippen LogP contribution in [-0.4, -0.2) is 58.8 Å². The Balaban J connectivity index is 1.83. The number of carbonyl (C=O) groups is 2. The third kappa shape index (κ3) is 4.29. The predicted octanol–water partition coefficient (Wildman–Crippen LogP) is 0.0333. The SMILES string of the molecule is CC(C)CN1C[C@H](CNC(=O)c2cnn(C)c2)OCC1=O. The Morgan fingerprint density at radius 3 is 2.95 bits per heavy atom. The summed E-state index contributed by atoms with van der Waals surface area (Å²) in [5, 5.41) is 6.77. The van der Waals surface area contributed by atoms with Gasteiger partial charge in [-0.1, -0.05) is 13.8 Å². The van der Waals surface area contributed by atoms with Crippen molar-refractivity contribution in [1.29, 1.82) is 0 Å². The van der Waals surface area contributed by atoms with Crippen molar-refractivity contribution in [2.24, 2.45) is 13.0 Å². The van der Waals surface area contributed by atoms with Crippen molar-refractivity contribution in [2.45, 2.75) is 20.0 Å². The monoisotopic (exact) mass is 294 g/mol. The normalized spacial score (nSPS) is 19.1. The van der Waals surface area contributed by atoms with Crippen LogP contribution in [-0.2, 0) is 16.6 Å². The fraction of sp³-hybridized carbons (Fsp3) is 0.643. The Morgan fingerprint density at radius 2 is 2.33 bits per heavy atom. The summed E-state index contributed by atoms with van der Waals surface area (Å²) in [6, 6.07) is 0. The average molecular weight is 294 g/mol. The van der Waals surface area contributed by atoms with Gasteiger partial charge in [-0.15, -0.1) is 0 Å². The second-order valence-electron chi connectivity index (χ2n) is 5.74. The van der Waals surface area contributed by atoms with E-state index >= 15 is 0 Å². The summed E-state index contributed by atoms with van der Waals surface area (Å²) >= 11 is 0. The van der Waals surface area contributed by atoms with Crippen LogP contribution in [0, 0.1) is 5.92 Å². The number of rotatable bonds is 5. The van der Waals surface area contributed by atoms with Gasteiger partial charge < -0.3 is 15.0 Å². The maximum absolute atomic E-state index is 11.9. The van der Waals surface area contributed by atoms with E-state index in [0.29, 0.717) is 24.6 Å². The summed E-state index contributed by atoms with van der Waals surface area (Å²) in [6.45, 7) is 5.85. The van der Waals surface area contributed by atoms with Crippen LogP contribution in [0.1, 0.15) is 24.2 Å². The number of aromatic nitrogens is 2. The highest BCUT2D eigenvalue weighted by atomic mass is 16.5. The molecule has 1 aromatic rings. The minimum Gasteiger partial charge on any atom is -0.365 e. The van der Waals surface area contributed by atoms with Crippen molar-refractivity contribution >= 4 is 11.8 Å². The highest BCUT2D eigenvalue weighted by molar-refractivity contribution is 5.93. The molecule has 0 bridgehead atoms. The molecule has 1 saturated heterocycles. The zero-order valence-electron chi connectivity index (χ0n) is 12.7. The van der Waals surface area contributed by atoms with E-state index in [1.807, 2.05) is 0 Å². The van der Waals surface area contributed by atoms with Gasteiger partial charge in [-0.2, -0.15) is 5.10 Å². The van der Waals surface area contributed by atoms with E-state index in [1.54, 1.807) is 22.8 Å². The van der Waals surface area contributed by atoms with Gasteiger partial charge in [0.15, 0.2) is 0 Å².